The van der Waals surface area contributed by atoms with Crippen molar-refractivity contribution in [1.82, 2.24) is 4.57 Å². The Bertz CT molecular complexity index is 1340. The number of fused-ring (bicyclic) bond motifs is 2. The summed E-state index contributed by atoms with van der Waals surface area (Å²) in [5, 5.41) is 1.51. The molecule has 5 rings (SSSR count). The molecule has 162 valence electrons. The Labute approximate surface area is 182 Å². The average molecular weight is 438 g/mol. The van der Waals surface area contributed by atoms with E-state index >= 15 is 0 Å². The zero-order valence-corrected chi connectivity index (χ0v) is 18.7. The van der Waals surface area contributed by atoms with Crippen molar-refractivity contribution in [2.24, 2.45) is 13.0 Å². The molecule has 2 aromatic carbocycles. The van der Waals surface area contributed by atoms with E-state index in [1.165, 1.54) is 12.8 Å². The Morgan fingerprint density at radius 2 is 1.84 bits per heavy atom. The minimum atomic E-state index is -3.16. The summed E-state index contributed by atoms with van der Waals surface area (Å²) in [5.74, 6) is 1.72. The number of aromatic nitrogens is 1. The third-order valence-electron chi connectivity index (χ3n) is 6.46. The second-order valence-corrected chi connectivity index (χ2v) is 11.3. The van der Waals surface area contributed by atoms with Crippen molar-refractivity contribution in [2.75, 3.05) is 5.75 Å². The average Bonchev–Trinajstić information content (AvgIpc) is 3.47. The smallest absolute Gasteiger partial charge is 0.258 e. The molecular weight excluding hydrogens is 410 g/mol. The summed E-state index contributed by atoms with van der Waals surface area (Å²) in [4.78, 5) is 12.7. The highest BCUT2D eigenvalue weighted by atomic mass is 32.2. The standard InChI is InChI=1S/C25H27NO4S/c1-3-31(28,29)15-17-10-18-13-19(11-16-8-9-16)30-24(18)22(12-17)23-14-26(2)25(27)21-7-5-4-6-20(21)23/h4-7,10,12,14,16,19H,3,8-9,11,13,15H2,1-2H3. The highest BCUT2D eigenvalue weighted by Crippen LogP contribution is 2.45. The van der Waals surface area contributed by atoms with E-state index in [1.54, 1.807) is 18.5 Å². The first-order chi connectivity index (χ1) is 14.8. The van der Waals surface area contributed by atoms with Gasteiger partial charge in [0.15, 0.2) is 9.84 Å². The van der Waals surface area contributed by atoms with Crippen molar-refractivity contribution in [3.05, 3.63) is 64.1 Å². The molecule has 1 saturated carbocycles. The molecule has 1 atom stereocenters. The number of aryl methyl sites for hydroxylation is 1. The van der Waals surface area contributed by atoms with Crippen molar-refractivity contribution < 1.29 is 13.2 Å². The third-order valence-corrected chi connectivity index (χ3v) is 8.11. The lowest BCUT2D eigenvalue weighted by atomic mass is 9.95. The Kier molecular flexibility index (Phi) is 4.93. The Balaban J connectivity index is 1.70. The predicted octanol–water partition coefficient (Wildman–Crippen LogP) is 4.24. The van der Waals surface area contributed by atoms with Crippen LogP contribution in [0.15, 0.2) is 47.4 Å². The number of hydrogen-bond donors (Lipinski definition) is 0. The molecule has 2 aliphatic rings. The van der Waals surface area contributed by atoms with Gasteiger partial charge in [-0.1, -0.05) is 44.0 Å². The molecule has 1 unspecified atom stereocenters. The largest absolute Gasteiger partial charge is 0.489 e. The highest BCUT2D eigenvalue weighted by Gasteiger charge is 2.33. The monoisotopic (exact) mass is 437 g/mol. The van der Waals surface area contributed by atoms with Crippen LogP contribution in [-0.2, 0) is 29.1 Å². The minimum Gasteiger partial charge on any atom is -0.489 e. The Morgan fingerprint density at radius 3 is 2.55 bits per heavy atom. The zero-order valence-electron chi connectivity index (χ0n) is 17.9. The van der Waals surface area contributed by atoms with Crippen LogP contribution >= 0.6 is 0 Å². The van der Waals surface area contributed by atoms with Crippen LogP contribution in [0.5, 0.6) is 5.75 Å². The van der Waals surface area contributed by atoms with Gasteiger partial charge in [0.1, 0.15) is 11.9 Å². The van der Waals surface area contributed by atoms with E-state index in [-0.39, 0.29) is 23.2 Å². The summed E-state index contributed by atoms with van der Waals surface area (Å²) in [7, 11) is -1.41. The van der Waals surface area contributed by atoms with Crippen molar-refractivity contribution in [3.63, 3.8) is 0 Å². The molecule has 0 amide bonds. The van der Waals surface area contributed by atoms with Crippen molar-refractivity contribution in [2.45, 2.75) is 44.5 Å². The number of rotatable bonds is 6. The fraction of sp³-hybridized carbons (Fsp3) is 0.400. The maximum atomic E-state index is 12.7. The maximum absolute atomic E-state index is 12.7. The number of nitrogens with zero attached hydrogens (tertiary/aromatic N) is 1. The van der Waals surface area contributed by atoms with Crippen LogP contribution in [0.1, 0.15) is 37.3 Å². The number of pyridine rings is 1. The molecule has 5 nitrogen and oxygen atoms in total. The molecule has 1 aliphatic heterocycles. The lowest BCUT2D eigenvalue weighted by molar-refractivity contribution is 0.214. The quantitative estimate of drug-likeness (QED) is 0.578. The number of benzene rings is 2. The van der Waals surface area contributed by atoms with E-state index in [0.29, 0.717) is 5.39 Å². The topological polar surface area (TPSA) is 65.4 Å². The fourth-order valence-corrected chi connectivity index (χ4v) is 5.51. The van der Waals surface area contributed by atoms with E-state index in [4.69, 9.17) is 4.74 Å². The van der Waals surface area contributed by atoms with Crippen LogP contribution in [0.3, 0.4) is 0 Å². The van der Waals surface area contributed by atoms with Crippen LogP contribution in [0, 0.1) is 5.92 Å². The van der Waals surface area contributed by atoms with Gasteiger partial charge in [-0.15, -0.1) is 0 Å². The van der Waals surface area contributed by atoms with E-state index in [1.807, 2.05) is 42.6 Å². The third kappa shape index (κ3) is 3.89. The fourth-order valence-electron chi connectivity index (χ4n) is 4.63. The van der Waals surface area contributed by atoms with Gasteiger partial charge in [-0.2, -0.15) is 0 Å². The molecule has 0 N–H and O–H groups in total. The van der Waals surface area contributed by atoms with Gasteiger partial charge in [-0.25, -0.2) is 8.42 Å². The summed E-state index contributed by atoms with van der Waals surface area (Å²) in [6.07, 6.45) is 6.38. The number of hydrogen-bond acceptors (Lipinski definition) is 4. The molecule has 0 radical (unpaired) electrons. The predicted molar refractivity (Wildman–Crippen MR) is 123 cm³/mol. The van der Waals surface area contributed by atoms with Crippen LogP contribution < -0.4 is 10.3 Å². The molecule has 1 aromatic heterocycles. The maximum Gasteiger partial charge on any atom is 0.258 e. The van der Waals surface area contributed by atoms with Gasteiger partial charge in [-0.05, 0) is 41.0 Å². The van der Waals surface area contributed by atoms with E-state index < -0.39 is 9.84 Å². The summed E-state index contributed by atoms with van der Waals surface area (Å²) in [6, 6.07) is 11.5. The second-order valence-electron chi connectivity index (χ2n) is 8.94. The second kappa shape index (κ2) is 7.52. The lowest BCUT2D eigenvalue weighted by Crippen LogP contribution is -2.16. The molecule has 0 spiro atoms. The summed E-state index contributed by atoms with van der Waals surface area (Å²) < 4.78 is 32.8. The molecule has 1 aliphatic carbocycles. The first kappa shape index (κ1) is 20.3. The normalized spacial score (nSPS) is 18.2. The van der Waals surface area contributed by atoms with E-state index in [2.05, 4.69) is 0 Å². The molecular formula is C25H27NO4S. The Morgan fingerprint density at radius 1 is 1.10 bits per heavy atom. The van der Waals surface area contributed by atoms with Crippen LogP contribution in [0.4, 0.5) is 0 Å². The Hall–Kier alpha value is -2.60. The molecule has 31 heavy (non-hydrogen) atoms. The lowest BCUT2D eigenvalue weighted by Gasteiger charge is -2.16. The van der Waals surface area contributed by atoms with Crippen molar-refractivity contribution in [1.29, 1.82) is 0 Å². The van der Waals surface area contributed by atoms with Crippen LogP contribution in [0.25, 0.3) is 21.9 Å². The molecule has 2 heterocycles. The molecule has 0 bridgehead atoms. The zero-order chi connectivity index (χ0) is 21.8. The van der Waals surface area contributed by atoms with Crippen molar-refractivity contribution in [3.8, 4) is 16.9 Å². The summed E-state index contributed by atoms with van der Waals surface area (Å²) in [5.41, 5.74) is 3.58. The van der Waals surface area contributed by atoms with Gasteiger partial charge in [0.05, 0.1) is 5.75 Å². The van der Waals surface area contributed by atoms with E-state index in [0.717, 1.165) is 52.1 Å². The van der Waals surface area contributed by atoms with Gasteiger partial charge in [-0.3, -0.25) is 4.79 Å². The van der Waals surface area contributed by atoms with Gasteiger partial charge >= 0.3 is 0 Å². The van der Waals surface area contributed by atoms with E-state index in [9.17, 15) is 13.2 Å². The first-order valence-corrected chi connectivity index (χ1v) is 12.8. The first-order valence-electron chi connectivity index (χ1n) is 11.0. The van der Waals surface area contributed by atoms with Crippen LogP contribution in [0.2, 0.25) is 0 Å². The van der Waals surface area contributed by atoms with Gasteiger partial charge < -0.3 is 9.30 Å². The SMILES string of the molecule is CCS(=O)(=O)Cc1cc2c(c(-c3cn(C)c(=O)c4ccccc34)c1)OC(CC1CC1)C2. The molecule has 0 saturated heterocycles. The van der Waals surface area contributed by atoms with Crippen LogP contribution in [-0.4, -0.2) is 24.8 Å². The molecule has 3 aromatic rings. The van der Waals surface area contributed by atoms with Gasteiger partial charge in [0.2, 0.25) is 0 Å². The minimum absolute atomic E-state index is 0.0147. The molecule has 1 fully saturated rings. The van der Waals surface area contributed by atoms with Gasteiger partial charge in [0, 0.05) is 41.9 Å². The summed E-state index contributed by atoms with van der Waals surface area (Å²) >= 11 is 0. The number of ether oxygens (including phenoxy) is 1. The van der Waals surface area contributed by atoms with Gasteiger partial charge in [0.25, 0.3) is 5.56 Å². The highest BCUT2D eigenvalue weighted by molar-refractivity contribution is 7.90. The molecule has 6 heteroatoms. The van der Waals surface area contributed by atoms with Crippen molar-refractivity contribution >= 4 is 20.6 Å². The number of sulfone groups is 1. The summed E-state index contributed by atoms with van der Waals surface area (Å²) in [6.45, 7) is 1.68.